The number of aromatic nitrogens is 2. The fraction of sp³-hybridized carbons (Fsp3) is 0.579. The largest absolute Gasteiger partial charge is 0.492 e. The van der Waals surface area contributed by atoms with Crippen LogP contribution in [0.3, 0.4) is 0 Å². The van der Waals surface area contributed by atoms with Crippen LogP contribution in [-0.2, 0) is 0 Å². The molecule has 0 radical (unpaired) electrons. The zero-order valence-corrected chi connectivity index (χ0v) is 15.8. The van der Waals surface area contributed by atoms with Crippen LogP contribution in [0.5, 0.6) is 5.75 Å². The third kappa shape index (κ3) is 2.25. The highest BCUT2D eigenvalue weighted by molar-refractivity contribution is 5.91. The Morgan fingerprint density at radius 1 is 1.32 bits per heavy atom. The average molecular weight is 389 g/mol. The lowest BCUT2D eigenvalue weighted by Gasteiger charge is -2.24. The Kier molecular flexibility index (Phi) is 3.59. The summed E-state index contributed by atoms with van der Waals surface area (Å²) < 4.78 is 22.9. The molecule has 1 spiro atoms. The topological polar surface area (TPSA) is 109 Å². The number of benzene rings is 1. The Bertz CT molecular complexity index is 1100. The van der Waals surface area contributed by atoms with E-state index in [2.05, 4.69) is 0 Å². The van der Waals surface area contributed by atoms with Crippen molar-refractivity contribution in [2.24, 2.45) is 17.1 Å². The normalized spacial score (nSPS) is 23.0. The van der Waals surface area contributed by atoms with Gasteiger partial charge in [0.1, 0.15) is 11.2 Å². The van der Waals surface area contributed by atoms with Crippen LogP contribution < -0.4 is 32.5 Å². The van der Waals surface area contributed by atoms with E-state index in [1.54, 1.807) is 0 Å². The van der Waals surface area contributed by atoms with Crippen molar-refractivity contribution in [3.63, 3.8) is 0 Å². The van der Waals surface area contributed by atoms with Gasteiger partial charge >= 0.3 is 5.69 Å². The number of methoxy groups -OCH3 is 1. The summed E-state index contributed by atoms with van der Waals surface area (Å²) in [5.74, 6) is 5.66. The van der Waals surface area contributed by atoms with Gasteiger partial charge in [0, 0.05) is 19.1 Å². The Balaban J connectivity index is 1.79. The van der Waals surface area contributed by atoms with Crippen molar-refractivity contribution < 1.29 is 9.13 Å². The Labute approximate surface area is 160 Å². The zero-order valence-electron chi connectivity index (χ0n) is 15.8. The Morgan fingerprint density at radius 2 is 2.04 bits per heavy atom. The molecular formula is C19H24FN5O3. The summed E-state index contributed by atoms with van der Waals surface area (Å²) in [6, 6.07) is 1.13. The molecule has 5 rings (SSSR count). The first-order valence-corrected chi connectivity index (χ1v) is 9.69. The van der Waals surface area contributed by atoms with E-state index in [-0.39, 0.29) is 22.6 Å². The van der Waals surface area contributed by atoms with Crippen molar-refractivity contribution in [3.05, 3.63) is 32.7 Å². The van der Waals surface area contributed by atoms with Gasteiger partial charge in [0.15, 0.2) is 11.6 Å². The van der Waals surface area contributed by atoms with Gasteiger partial charge in [-0.05, 0) is 49.6 Å². The van der Waals surface area contributed by atoms with E-state index in [0.29, 0.717) is 41.4 Å². The van der Waals surface area contributed by atoms with Crippen molar-refractivity contribution in [1.82, 2.24) is 9.24 Å². The average Bonchev–Trinajstić information content (AvgIpc) is 3.59. The molecule has 2 aliphatic carbocycles. The standard InChI is InChI=1S/C19H24FN5O3/c1-28-16-14-12(17(26)25(22)18(27)24(14)11-2-3-11)6-13(20)15(16)23-8-10(7-21)19(9-23)4-5-19/h6,10-11H,2-5,7-9,21-22H2,1H3. The second-order valence-electron chi connectivity index (χ2n) is 8.37. The van der Waals surface area contributed by atoms with Crippen molar-refractivity contribution >= 4 is 16.6 Å². The third-order valence-electron chi connectivity index (χ3n) is 6.71. The number of fused-ring (bicyclic) bond motifs is 1. The van der Waals surface area contributed by atoms with Gasteiger partial charge in [-0.1, -0.05) is 0 Å². The van der Waals surface area contributed by atoms with Crippen LogP contribution >= 0.6 is 0 Å². The highest BCUT2D eigenvalue weighted by atomic mass is 19.1. The number of halogens is 1. The zero-order chi connectivity index (χ0) is 19.8. The smallest absolute Gasteiger partial charge is 0.350 e. The first-order valence-electron chi connectivity index (χ1n) is 9.69. The fourth-order valence-corrected chi connectivity index (χ4v) is 4.85. The van der Waals surface area contributed by atoms with Crippen LogP contribution in [0.15, 0.2) is 15.7 Å². The van der Waals surface area contributed by atoms with E-state index >= 15 is 4.39 Å². The molecule has 4 N–H and O–H groups in total. The quantitative estimate of drug-likeness (QED) is 0.739. The predicted octanol–water partition coefficient (Wildman–Crippen LogP) is 0.535. The molecule has 2 heterocycles. The minimum atomic E-state index is -0.722. The van der Waals surface area contributed by atoms with Crippen LogP contribution in [0.25, 0.3) is 10.9 Å². The van der Waals surface area contributed by atoms with Crippen molar-refractivity contribution in [1.29, 1.82) is 0 Å². The molecule has 0 amide bonds. The Morgan fingerprint density at radius 3 is 2.57 bits per heavy atom. The second-order valence-corrected chi connectivity index (χ2v) is 8.37. The highest BCUT2D eigenvalue weighted by Gasteiger charge is 2.55. The van der Waals surface area contributed by atoms with Crippen LogP contribution in [0.4, 0.5) is 10.1 Å². The molecule has 1 unspecified atom stereocenters. The highest BCUT2D eigenvalue weighted by Crippen LogP contribution is 2.57. The monoisotopic (exact) mass is 389 g/mol. The Hall–Kier alpha value is -2.55. The summed E-state index contributed by atoms with van der Waals surface area (Å²) in [7, 11) is 1.44. The SMILES string of the molecule is COc1c(N2CC(CN)C3(CC3)C2)c(F)cc2c(=O)n(N)c(=O)n(C3CC3)c12. The first-order chi connectivity index (χ1) is 13.4. The molecule has 9 heteroatoms. The number of nitrogen functional groups attached to an aromatic ring is 1. The van der Waals surface area contributed by atoms with Gasteiger partial charge in [-0.15, -0.1) is 0 Å². The molecule has 28 heavy (non-hydrogen) atoms. The van der Waals surface area contributed by atoms with Gasteiger partial charge in [-0.2, -0.15) is 4.68 Å². The molecule has 150 valence electrons. The minimum absolute atomic E-state index is 0.0530. The summed E-state index contributed by atoms with van der Waals surface area (Å²) >= 11 is 0. The molecule has 0 bridgehead atoms. The van der Waals surface area contributed by atoms with Crippen LogP contribution in [0.1, 0.15) is 31.7 Å². The number of hydrogen-bond acceptors (Lipinski definition) is 6. The van der Waals surface area contributed by atoms with Crippen molar-refractivity contribution in [2.45, 2.75) is 31.7 Å². The number of nitrogens with two attached hydrogens (primary N) is 2. The van der Waals surface area contributed by atoms with Crippen LogP contribution in [0.2, 0.25) is 0 Å². The van der Waals surface area contributed by atoms with E-state index in [1.165, 1.54) is 17.7 Å². The molecule has 1 aromatic heterocycles. The number of nitrogens with zero attached hydrogens (tertiary/aromatic N) is 3. The summed E-state index contributed by atoms with van der Waals surface area (Å²) in [4.78, 5) is 27.3. The number of hydrogen-bond donors (Lipinski definition) is 2. The van der Waals surface area contributed by atoms with Gasteiger partial charge < -0.3 is 21.2 Å². The lowest BCUT2D eigenvalue weighted by atomic mass is 9.93. The maximum Gasteiger partial charge on any atom is 0.350 e. The van der Waals surface area contributed by atoms with E-state index in [4.69, 9.17) is 16.3 Å². The van der Waals surface area contributed by atoms with Gasteiger partial charge in [-0.25, -0.2) is 9.18 Å². The molecule has 1 aromatic carbocycles. The summed E-state index contributed by atoms with van der Waals surface area (Å²) in [5, 5.41) is 0.0582. The summed E-state index contributed by atoms with van der Waals surface area (Å²) in [6.07, 6.45) is 3.80. The second kappa shape index (κ2) is 5.73. The molecule has 2 aromatic rings. The summed E-state index contributed by atoms with van der Waals surface area (Å²) in [5.41, 5.74) is 5.43. The van der Waals surface area contributed by atoms with E-state index in [9.17, 15) is 9.59 Å². The molecule has 1 saturated heterocycles. The van der Waals surface area contributed by atoms with Gasteiger partial charge in [0.2, 0.25) is 0 Å². The van der Waals surface area contributed by atoms with Crippen molar-refractivity contribution in [2.75, 3.05) is 37.5 Å². The predicted molar refractivity (Wildman–Crippen MR) is 104 cm³/mol. The van der Waals surface area contributed by atoms with E-state index in [0.717, 1.165) is 25.7 Å². The third-order valence-corrected chi connectivity index (χ3v) is 6.71. The van der Waals surface area contributed by atoms with E-state index < -0.39 is 17.1 Å². The van der Waals surface area contributed by atoms with Gasteiger partial charge in [0.05, 0.1) is 12.5 Å². The number of ether oxygens (including phenoxy) is 1. The van der Waals surface area contributed by atoms with Gasteiger partial charge in [-0.3, -0.25) is 9.36 Å². The lowest BCUT2D eigenvalue weighted by Crippen LogP contribution is -2.44. The maximum absolute atomic E-state index is 15.3. The number of anilines is 1. The number of rotatable bonds is 4. The van der Waals surface area contributed by atoms with Gasteiger partial charge in [0.25, 0.3) is 5.56 Å². The minimum Gasteiger partial charge on any atom is -0.492 e. The molecule has 3 fully saturated rings. The lowest BCUT2D eigenvalue weighted by molar-refractivity contribution is 0.407. The molecule has 3 aliphatic rings. The van der Waals surface area contributed by atoms with Crippen LogP contribution in [0, 0.1) is 17.2 Å². The molecule has 2 saturated carbocycles. The maximum atomic E-state index is 15.3. The first kappa shape index (κ1) is 17.5. The fourth-order valence-electron chi connectivity index (χ4n) is 4.85. The van der Waals surface area contributed by atoms with Crippen LogP contribution in [-0.4, -0.2) is 36.0 Å². The molecule has 8 nitrogen and oxygen atoms in total. The van der Waals surface area contributed by atoms with E-state index in [1.807, 2.05) is 4.90 Å². The summed E-state index contributed by atoms with van der Waals surface area (Å²) in [6.45, 7) is 1.89. The van der Waals surface area contributed by atoms with Crippen molar-refractivity contribution in [3.8, 4) is 5.75 Å². The molecular weight excluding hydrogens is 365 g/mol. The molecule has 1 atom stereocenters. The molecule has 1 aliphatic heterocycles.